The molecule has 0 aliphatic heterocycles. The molecule has 0 bridgehead atoms. The van der Waals surface area contributed by atoms with Crippen LogP contribution < -0.4 is 10.2 Å². The Kier molecular flexibility index (Phi) is 5.38. The first-order chi connectivity index (χ1) is 10.5. The molecular formula is C16H16ClN3O2. The third kappa shape index (κ3) is 4.79. The van der Waals surface area contributed by atoms with Crippen LogP contribution in [-0.4, -0.2) is 26.4 Å². The third-order valence-electron chi connectivity index (χ3n) is 2.82. The van der Waals surface area contributed by atoms with Gasteiger partial charge >= 0.3 is 6.09 Å². The van der Waals surface area contributed by atoms with Crippen molar-refractivity contribution in [2.45, 2.75) is 0 Å². The first-order valence-corrected chi connectivity index (χ1v) is 6.97. The summed E-state index contributed by atoms with van der Waals surface area (Å²) in [4.78, 5) is 18.3. The van der Waals surface area contributed by atoms with E-state index in [0.717, 1.165) is 11.3 Å². The summed E-state index contributed by atoms with van der Waals surface area (Å²) in [6.45, 7) is 0. The SMILES string of the molecule is CN(C)c1ccc(C=NOC(=O)Nc2cccc(Cl)c2)cc1. The van der Waals surface area contributed by atoms with Crippen molar-refractivity contribution in [1.82, 2.24) is 0 Å². The number of hydrogen-bond donors (Lipinski definition) is 1. The average Bonchev–Trinajstić information content (AvgIpc) is 2.47. The number of halogens is 1. The predicted molar refractivity (Wildman–Crippen MR) is 89.9 cm³/mol. The molecule has 2 aromatic rings. The molecule has 0 atom stereocenters. The molecule has 0 heterocycles. The molecule has 2 rings (SSSR count). The number of benzene rings is 2. The molecule has 0 radical (unpaired) electrons. The summed E-state index contributed by atoms with van der Waals surface area (Å²) in [5.41, 5.74) is 2.46. The van der Waals surface area contributed by atoms with Crippen LogP contribution in [0.1, 0.15) is 5.56 Å². The second-order valence-corrected chi connectivity index (χ2v) is 5.17. The highest BCUT2D eigenvalue weighted by Crippen LogP contribution is 2.15. The van der Waals surface area contributed by atoms with Gasteiger partial charge in [0.25, 0.3) is 0 Å². The van der Waals surface area contributed by atoms with Gasteiger partial charge in [-0.05, 0) is 35.9 Å². The Hall–Kier alpha value is -2.53. The van der Waals surface area contributed by atoms with Crippen molar-refractivity contribution in [3.63, 3.8) is 0 Å². The molecule has 2 aromatic carbocycles. The molecule has 0 unspecified atom stereocenters. The lowest BCUT2D eigenvalue weighted by Gasteiger charge is -2.11. The molecule has 0 saturated heterocycles. The van der Waals surface area contributed by atoms with Gasteiger partial charge in [0.05, 0.1) is 6.21 Å². The maximum Gasteiger partial charge on any atom is 0.437 e. The average molecular weight is 318 g/mol. The zero-order valence-corrected chi connectivity index (χ0v) is 13.0. The number of carbonyl (C=O) groups excluding carboxylic acids is 1. The topological polar surface area (TPSA) is 53.9 Å². The van der Waals surface area contributed by atoms with Gasteiger partial charge in [0.2, 0.25) is 0 Å². The Balaban J connectivity index is 1.87. The van der Waals surface area contributed by atoms with Crippen molar-refractivity contribution in [1.29, 1.82) is 0 Å². The van der Waals surface area contributed by atoms with E-state index in [1.165, 1.54) is 6.21 Å². The molecule has 0 aliphatic rings. The molecular weight excluding hydrogens is 302 g/mol. The van der Waals surface area contributed by atoms with Crippen molar-refractivity contribution in [3.8, 4) is 0 Å². The molecule has 0 spiro atoms. The fourth-order valence-electron chi connectivity index (χ4n) is 1.70. The van der Waals surface area contributed by atoms with Crippen molar-refractivity contribution in [2.75, 3.05) is 24.3 Å². The summed E-state index contributed by atoms with van der Waals surface area (Å²) < 4.78 is 0. The van der Waals surface area contributed by atoms with Crippen LogP contribution in [0.5, 0.6) is 0 Å². The summed E-state index contributed by atoms with van der Waals surface area (Å²) in [7, 11) is 3.93. The van der Waals surface area contributed by atoms with Gasteiger partial charge in [-0.1, -0.05) is 35.0 Å². The summed E-state index contributed by atoms with van der Waals surface area (Å²) >= 11 is 5.82. The zero-order chi connectivity index (χ0) is 15.9. The minimum atomic E-state index is -0.677. The van der Waals surface area contributed by atoms with Gasteiger partial charge in [0.15, 0.2) is 0 Å². The number of anilines is 2. The molecule has 114 valence electrons. The van der Waals surface area contributed by atoms with Crippen molar-refractivity contribution < 1.29 is 9.63 Å². The van der Waals surface area contributed by atoms with Crippen LogP contribution >= 0.6 is 11.6 Å². The molecule has 5 nitrogen and oxygen atoms in total. The molecule has 0 aliphatic carbocycles. The van der Waals surface area contributed by atoms with E-state index in [4.69, 9.17) is 16.4 Å². The Bertz CT molecular complexity index is 669. The van der Waals surface area contributed by atoms with E-state index >= 15 is 0 Å². The molecule has 0 saturated carbocycles. The maximum absolute atomic E-state index is 11.6. The highest BCUT2D eigenvalue weighted by molar-refractivity contribution is 6.30. The Labute approximate surface area is 134 Å². The van der Waals surface area contributed by atoms with E-state index in [2.05, 4.69) is 10.5 Å². The Morgan fingerprint density at radius 1 is 1.23 bits per heavy atom. The van der Waals surface area contributed by atoms with E-state index in [-0.39, 0.29) is 0 Å². The molecule has 0 fully saturated rings. The monoisotopic (exact) mass is 317 g/mol. The van der Waals surface area contributed by atoms with E-state index in [0.29, 0.717) is 10.7 Å². The Morgan fingerprint density at radius 3 is 2.59 bits per heavy atom. The van der Waals surface area contributed by atoms with E-state index < -0.39 is 6.09 Å². The quantitative estimate of drug-likeness (QED) is 0.527. The first-order valence-electron chi connectivity index (χ1n) is 6.59. The van der Waals surface area contributed by atoms with Crippen molar-refractivity contribution in [3.05, 3.63) is 59.1 Å². The number of rotatable bonds is 4. The molecule has 1 amide bonds. The smallest absolute Gasteiger partial charge is 0.378 e. The van der Waals surface area contributed by atoms with Gasteiger partial charge in [-0.15, -0.1) is 0 Å². The molecule has 0 aromatic heterocycles. The van der Waals surface area contributed by atoms with Crippen LogP contribution in [0.2, 0.25) is 5.02 Å². The fourth-order valence-corrected chi connectivity index (χ4v) is 1.89. The lowest BCUT2D eigenvalue weighted by Crippen LogP contribution is -2.10. The minimum Gasteiger partial charge on any atom is -0.378 e. The second-order valence-electron chi connectivity index (χ2n) is 4.73. The molecule has 6 heteroatoms. The lowest BCUT2D eigenvalue weighted by molar-refractivity contribution is 0.167. The van der Waals surface area contributed by atoms with Crippen LogP contribution in [-0.2, 0) is 4.84 Å². The van der Waals surface area contributed by atoms with Gasteiger partial charge in [-0.2, -0.15) is 0 Å². The summed E-state index contributed by atoms with van der Waals surface area (Å²) in [5, 5.41) is 6.71. The van der Waals surface area contributed by atoms with Crippen molar-refractivity contribution in [2.24, 2.45) is 5.16 Å². The van der Waals surface area contributed by atoms with Crippen LogP contribution in [0.4, 0.5) is 16.2 Å². The van der Waals surface area contributed by atoms with Crippen LogP contribution in [0.25, 0.3) is 0 Å². The number of amides is 1. The van der Waals surface area contributed by atoms with Gasteiger partial charge in [0.1, 0.15) is 0 Å². The van der Waals surface area contributed by atoms with Gasteiger partial charge in [0, 0.05) is 30.5 Å². The molecule has 22 heavy (non-hydrogen) atoms. The second kappa shape index (κ2) is 7.47. The van der Waals surface area contributed by atoms with Crippen LogP contribution in [0.3, 0.4) is 0 Å². The number of nitrogens with one attached hydrogen (secondary N) is 1. The van der Waals surface area contributed by atoms with Crippen LogP contribution in [0, 0.1) is 0 Å². The predicted octanol–water partition coefficient (Wildman–Crippen LogP) is 3.99. The fraction of sp³-hybridized carbons (Fsp3) is 0.125. The largest absolute Gasteiger partial charge is 0.437 e. The highest BCUT2D eigenvalue weighted by atomic mass is 35.5. The van der Waals surface area contributed by atoms with Crippen LogP contribution in [0.15, 0.2) is 53.7 Å². The zero-order valence-electron chi connectivity index (χ0n) is 12.3. The first kappa shape index (κ1) is 15.9. The van der Waals surface area contributed by atoms with Gasteiger partial charge < -0.3 is 4.90 Å². The van der Waals surface area contributed by atoms with Gasteiger partial charge in [-0.3, -0.25) is 10.2 Å². The highest BCUT2D eigenvalue weighted by Gasteiger charge is 2.02. The standard InChI is InChI=1S/C16H16ClN3O2/c1-20(2)15-8-6-12(7-9-15)11-18-22-16(21)19-14-5-3-4-13(17)10-14/h3-11H,1-2H3,(H,19,21). The molecule has 1 N–H and O–H groups in total. The van der Waals surface area contributed by atoms with E-state index in [1.54, 1.807) is 24.3 Å². The minimum absolute atomic E-state index is 0.530. The number of nitrogens with zero attached hydrogens (tertiary/aromatic N) is 2. The van der Waals surface area contributed by atoms with E-state index in [9.17, 15) is 4.79 Å². The summed E-state index contributed by atoms with van der Waals surface area (Å²) in [6, 6.07) is 14.4. The maximum atomic E-state index is 11.6. The number of carbonyl (C=O) groups is 1. The summed E-state index contributed by atoms with van der Waals surface area (Å²) in [6.07, 6.45) is 0.792. The Morgan fingerprint density at radius 2 is 1.95 bits per heavy atom. The van der Waals surface area contributed by atoms with E-state index in [1.807, 2.05) is 43.3 Å². The summed E-state index contributed by atoms with van der Waals surface area (Å²) in [5.74, 6) is 0. The number of hydrogen-bond acceptors (Lipinski definition) is 4. The lowest BCUT2D eigenvalue weighted by atomic mass is 10.2. The van der Waals surface area contributed by atoms with Crippen molar-refractivity contribution >= 4 is 35.3 Å². The van der Waals surface area contributed by atoms with Gasteiger partial charge in [-0.25, -0.2) is 4.79 Å². The number of oxime groups is 1. The third-order valence-corrected chi connectivity index (χ3v) is 3.05. The normalized spacial score (nSPS) is 10.5.